The van der Waals surface area contributed by atoms with Crippen LogP contribution in [-0.2, 0) is 6.42 Å². The molecular weight excluding hydrogens is 376 g/mol. The number of hydrogen-bond donors (Lipinski definition) is 3. The Morgan fingerprint density at radius 1 is 1.07 bits per heavy atom. The van der Waals surface area contributed by atoms with Crippen LogP contribution >= 0.6 is 0 Å². The molecule has 5 atom stereocenters. The summed E-state index contributed by atoms with van der Waals surface area (Å²) in [5, 5.41) is 33.3. The second-order valence-corrected chi connectivity index (χ2v) is 8.75. The molecule has 0 bridgehead atoms. The van der Waals surface area contributed by atoms with Gasteiger partial charge in [-0.25, -0.2) is 4.79 Å². The maximum absolute atomic E-state index is 12.3. The van der Waals surface area contributed by atoms with Crippen molar-refractivity contribution in [2.45, 2.75) is 77.5 Å². The quantitative estimate of drug-likeness (QED) is 0.660. The Morgan fingerprint density at radius 3 is 2.41 bits per heavy atom. The highest BCUT2D eigenvalue weighted by Crippen LogP contribution is 2.55. The van der Waals surface area contributed by atoms with E-state index in [4.69, 9.17) is 13.9 Å². The van der Waals surface area contributed by atoms with Crippen molar-refractivity contribution in [3.63, 3.8) is 0 Å². The standard InChI is InChI=1S/C22H28O7/c1-6-7-11-8-12(23)28-18-13(11)20-15(17(25)21(26)22(4,5)29-20)19-14(18)16(24)9(2)10(3)27-19/h8-10,16-17,21,24-26H,6-7H2,1-5H3/t9-,10-,16-,17+,21-/m0/s1. The Labute approximate surface area is 168 Å². The summed E-state index contributed by atoms with van der Waals surface area (Å²) in [7, 11) is 0. The van der Waals surface area contributed by atoms with Gasteiger partial charge in [0.2, 0.25) is 0 Å². The van der Waals surface area contributed by atoms with E-state index in [1.165, 1.54) is 6.07 Å². The number of ether oxygens (including phenoxy) is 2. The lowest BCUT2D eigenvalue weighted by atomic mass is 9.81. The van der Waals surface area contributed by atoms with Crippen LogP contribution in [0.25, 0.3) is 11.0 Å². The third-order valence-corrected chi connectivity index (χ3v) is 6.28. The highest BCUT2D eigenvalue weighted by molar-refractivity contribution is 5.94. The van der Waals surface area contributed by atoms with Crippen molar-refractivity contribution in [1.29, 1.82) is 0 Å². The fourth-order valence-corrected chi connectivity index (χ4v) is 4.38. The molecule has 1 aromatic heterocycles. The van der Waals surface area contributed by atoms with Crippen molar-refractivity contribution >= 4 is 11.0 Å². The minimum absolute atomic E-state index is 0.223. The second-order valence-electron chi connectivity index (χ2n) is 8.75. The fraction of sp³-hybridized carbons (Fsp3) is 0.591. The highest BCUT2D eigenvalue weighted by Gasteiger charge is 2.48. The zero-order valence-corrected chi connectivity index (χ0v) is 17.4. The summed E-state index contributed by atoms with van der Waals surface area (Å²) < 4.78 is 17.8. The Balaban J connectivity index is 2.19. The van der Waals surface area contributed by atoms with E-state index in [-0.39, 0.29) is 23.4 Å². The molecule has 7 heteroatoms. The van der Waals surface area contributed by atoms with Crippen LogP contribution in [0.4, 0.5) is 0 Å². The van der Waals surface area contributed by atoms with Crippen molar-refractivity contribution in [3.05, 3.63) is 33.2 Å². The number of aliphatic hydroxyl groups is 3. The maximum Gasteiger partial charge on any atom is 0.336 e. The SMILES string of the molecule is CCCc1cc(=O)oc2c3c(c4c(c12)OC(C)(C)[C@@H](O)[C@@H]4O)O[C@@H](C)[C@H](C)[C@@H]3O. The molecule has 0 unspecified atom stereocenters. The van der Waals surface area contributed by atoms with E-state index in [1.807, 2.05) is 20.8 Å². The summed E-state index contributed by atoms with van der Waals surface area (Å²) in [6.45, 7) is 9.05. The zero-order valence-electron chi connectivity index (χ0n) is 17.4. The van der Waals surface area contributed by atoms with Gasteiger partial charge in [0.05, 0.1) is 22.6 Å². The summed E-state index contributed by atoms with van der Waals surface area (Å²) in [6.07, 6.45) is -2.40. The van der Waals surface area contributed by atoms with Crippen LogP contribution in [0.15, 0.2) is 15.3 Å². The molecule has 0 radical (unpaired) electrons. The average Bonchev–Trinajstić information content (AvgIpc) is 2.63. The minimum atomic E-state index is -1.28. The van der Waals surface area contributed by atoms with Crippen LogP contribution in [0.2, 0.25) is 0 Å². The molecule has 2 aliphatic rings. The molecular formula is C22H28O7. The molecule has 29 heavy (non-hydrogen) atoms. The first kappa shape index (κ1) is 20.2. The maximum atomic E-state index is 12.3. The summed E-state index contributed by atoms with van der Waals surface area (Å²) in [4.78, 5) is 12.3. The van der Waals surface area contributed by atoms with Gasteiger partial charge >= 0.3 is 5.63 Å². The van der Waals surface area contributed by atoms with Crippen molar-refractivity contribution in [2.75, 3.05) is 0 Å². The topological polar surface area (TPSA) is 109 Å². The van der Waals surface area contributed by atoms with Gasteiger partial charge in [-0.05, 0) is 32.8 Å². The third kappa shape index (κ3) is 2.86. The van der Waals surface area contributed by atoms with Gasteiger partial charge in [0.15, 0.2) is 5.58 Å². The summed E-state index contributed by atoms with van der Waals surface area (Å²) in [5.74, 6) is 0.305. The second kappa shape index (κ2) is 6.72. The lowest BCUT2D eigenvalue weighted by Gasteiger charge is -2.43. The predicted octanol–water partition coefficient (Wildman–Crippen LogP) is 2.76. The number of rotatable bonds is 2. The first-order valence-electron chi connectivity index (χ1n) is 10.1. The van der Waals surface area contributed by atoms with Gasteiger partial charge in [0, 0.05) is 12.0 Å². The van der Waals surface area contributed by atoms with E-state index in [0.29, 0.717) is 28.7 Å². The molecule has 0 saturated heterocycles. The third-order valence-electron chi connectivity index (χ3n) is 6.28. The molecule has 4 rings (SSSR count). The molecule has 0 amide bonds. The van der Waals surface area contributed by atoms with Crippen molar-refractivity contribution in [3.8, 4) is 11.5 Å². The van der Waals surface area contributed by atoms with Crippen molar-refractivity contribution < 1.29 is 29.2 Å². The van der Waals surface area contributed by atoms with Gasteiger partial charge in [-0.2, -0.15) is 0 Å². The number of fused-ring (bicyclic) bond motifs is 6. The molecule has 0 spiro atoms. The van der Waals surface area contributed by atoms with Crippen LogP contribution in [-0.4, -0.2) is 33.1 Å². The summed E-state index contributed by atoms with van der Waals surface area (Å²) in [6, 6.07) is 1.42. The molecule has 3 N–H and O–H groups in total. The first-order chi connectivity index (χ1) is 13.6. The fourth-order valence-electron chi connectivity index (χ4n) is 4.38. The molecule has 0 saturated carbocycles. The van der Waals surface area contributed by atoms with E-state index >= 15 is 0 Å². The molecule has 7 nitrogen and oxygen atoms in total. The van der Waals surface area contributed by atoms with Crippen LogP contribution in [0.5, 0.6) is 11.5 Å². The van der Waals surface area contributed by atoms with Crippen LogP contribution in [0.3, 0.4) is 0 Å². The van der Waals surface area contributed by atoms with Gasteiger partial charge < -0.3 is 29.2 Å². The van der Waals surface area contributed by atoms with Crippen molar-refractivity contribution in [2.24, 2.45) is 5.92 Å². The molecule has 3 heterocycles. The number of hydrogen-bond acceptors (Lipinski definition) is 7. The number of aryl methyl sites for hydroxylation is 1. The van der Waals surface area contributed by atoms with Gasteiger partial charge in [0.1, 0.15) is 35.4 Å². The van der Waals surface area contributed by atoms with Crippen LogP contribution in [0.1, 0.15) is 69.9 Å². The highest BCUT2D eigenvalue weighted by atomic mass is 16.5. The molecule has 2 aromatic rings. The Hall–Kier alpha value is -2.09. The Morgan fingerprint density at radius 2 is 1.76 bits per heavy atom. The molecule has 2 aliphatic heterocycles. The Kier molecular flexibility index (Phi) is 4.68. The zero-order chi connectivity index (χ0) is 21.2. The minimum Gasteiger partial charge on any atom is -0.489 e. The predicted molar refractivity (Wildman–Crippen MR) is 106 cm³/mol. The number of aliphatic hydroxyl groups excluding tert-OH is 3. The van der Waals surface area contributed by atoms with E-state index < -0.39 is 29.5 Å². The van der Waals surface area contributed by atoms with Crippen molar-refractivity contribution in [1.82, 2.24) is 0 Å². The van der Waals surface area contributed by atoms with Gasteiger partial charge in [-0.3, -0.25) is 0 Å². The summed E-state index contributed by atoms with van der Waals surface area (Å²) >= 11 is 0. The van der Waals surface area contributed by atoms with Crippen LogP contribution < -0.4 is 15.1 Å². The van der Waals surface area contributed by atoms with Gasteiger partial charge in [0.25, 0.3) is 0 Å². The number of benzene rings is 1. The normalized spacial score (nSPS) is 30.3. The lowest BCUT2D eigenvalue weighted by molar-refractivity contribution is -0.113. The monoisotopic (exact) mass is 404 g/mol. The van der Waals surface area contributed by atoms with E-state index in [9.17, 15) is 20.1 Å². The molecule has 158 valence electrons. The molecule has 0 fully saturated rings. The average molecular weight is 404 g/mol. The van der Waals surface area contributed by atoms with Gasteiger partial charge in [-0.15, -0.1) is 0 Å². The van der Waals surface area contributed by atoms with Gasteiger partial charge in [-0.1, -0.05) is 20.3 Å². The largest absolute Gasteiger partial charge is 0.489 e. The Bertz CT molecular complexity index is 1020. The van der Waals surface area contributed by atoms with E-state index in [2.05, 4.69) is 0 Å². The molecule has 1 aromatic carbocycles. The lowest BCUT2D eigenvalue weighted by Crippen LogP contribution is -2.49. The summed E-state index contributed by atoms with van der Waals surface area (Å²) in [5.41, 5.74) is -0.0233. The smallest absolute Gasteiger partial charge is 0.336 e. The van der Waals surface area contributed by atoms with E-state index in [1.54, 1.807) is 13.8 Å². The molecule has 0 aliphatic carbocycles. The first-order valence-corrected chi connectivity index (χ1v) is 10.1. The van der Waals surface area contributed by atoms with E-state index in [0.717, 1.165) is 12.0 Å². The van der Waals surface area contributed by atoms with Crippen LogP contribution in [0, 0.1) is 5.92 Å².